The minimum Gasteiger partial charge on any atom is -0.480 e. The molecule has 0 spiro atoms. The Balaban J connectivity index is 0. The average Bonchev–Trinajstić information content (AvgIpc) is 1.87. The van der Waals surface area contributed by atoms with Crippen LogP contribution < -0.4 is 5.73 Å². The van der Waals surface area contributed by atoms with Gasteiger partial charge in [-0.25, -0.2) is 0 Å². The summed E-state index contributed by atoms with van der Waals surface area (Å²) in [6, 6.07) is -0.926. The lowest BCUT2D eigenvalue weighted by atomic mass is 10.0. The molecule has 0 aliphatic heterocycles. The van der Waals surface area contributed by atoms with Crippen LogP contribution in [0, 0.1) is 5.92 Å². The van der Waals surface area contributed by atoms with Crippen LogP contribution in [-0.2, 0) is 9.59 Å². The van der Waals surface area contributed by atoms with E-state index in [0.717, 1.165) is 0 Å². The maximum absolute atomic E-state index is 10.2. The highest BCUT2D eigenvalue weighted by molar-refractivity contribution is 5.85. The number of carboxylic acids is 1. The molecule has 0 aromatic heterocycles. The van der Waals surface area contributed by atoms with Crippen LogP contribution in [0.1, 0.15) is 13.3 Å². The molecule has 0 fully saturated rings. The van der Waals surface area contributed by atoms with Crippen molar-refractivity contribution in [2.75, 3.05) is 0 Å². The summed E-state index contributed by atoms with van der Waals surface area (Å²) in [4.78, 5) is 20.1. The zero-order chi connectivity index (χ0) is 8.15. The summed E-state index contributed by atoms with van der Waals surface area (Å²) in [7, 11) is 0. The number of rotatable bonds is 4. The zero-order valence-electron chi connectivity index (χ0n) is 6.19. The molecule has 0 heterocycles. The van der Waals surface area contributed by atoms with Gasteiger partial charge in [-0.15, -0.1) is 12.4 Å². The molecule has 5 heteroatoms. The molecule has 0 rings (SSSR count). The number of aldehydes is 1. The van der Waals surface area contributed by atoms with Gasteiger partial charge in [0, 0.05) is 6.42 Å². The normalized spacial score (nSPS) is 14.4. The number of nitrogens with two attached hydrogens (primary N) is 1. The van der Waals surface area contributed by atoms with Crippen molar-refractivity contribution < 1.29 is 14.7 Å². The van der Waals surface area contributed by atoms with Crippen molar-refractivity contribution >= 4 is 24.7 Å². The fourth-order valence-corrected chi connectivity index (χ4v) is 0.542. The molecule has 66 valence electrons. The van der Waals surface area contributed by atoms with E-state index < -0.39 is 12.0 Å². The van der Waals surface area contributed by atoms with Crippen LogP contribution in [0.15, 0.2) is 0 Å². The molecule has 0 saturated carbocycles. The van der Waals surface area contributed by atoms with Crippen molar-refractivity contribution in [2.45, 2.75) is 19.4 Å². The van der Waals surface area contributed by atoms with E-state index in [1.54, 1.807) is 6.92 Å². The predicted molar refractivity (Wildman–Crippen MR) is 42.7 cm³/mol. The number of carbonyl (C=O) groups excluding carboxylic acids is 1. The molecule has 0 radical (unpaired) electrons. The van der Waals surface area contributed by atoms with Gasteiger partial charge < -0.3 is 15.6 Å². The van der Waals surface area contributed by atoms with Gasteiger partial charge in [0.15, 0.2) is 0 Å². The van der Waals surface area contributed by atoms with Gasteiger partial charge >= 0.3 is 5.97 Å². The van der Waals surface area contributed by atoms with Gasteiger partial charge in [-0.1, -0.05) is 6.92 Å². The molecule has 0 aliphatic rings. The molecule has 4 nitrogen and oxygen atoms in total. The molecular formula is C6H12ClNO3. The van der Waals surface area contributed by atoms with Crippen LogP contribution in [0.25, 0.3) is 0 Å². The first-order valence-electron chi connectivity index (χ1n) is 3.01. The van der Waals surface area contributed by atoms with E-state index in [4.69, 9.17) is 10.8 Å². The lowest BCUT2D eigenvalue weighted by Gasteiger charge is -2.11. The van der Waals surface area contributed by atoms with E-state index in [1.807, 2.05) is 0 Å². The monoisotopic (exact) mass is 181 g/mol. The van der Waals surface area contributed by atoms with Crippen LogP contribution in [0.5, 0.6) is 0 Å². The third kappa shape index (κ3) is 4.75. The maximum atomic E-state index is 10.2. The van der Waals surface area contributed by atoms with Crippen LogP contribution >= 0.6 is 12.4 Å². The first kappa shape index (κ1) is 13.0. The Morgan fingerprint density at radius 1 is 1.73 bits per heavy atom. The molecule has 0 aromatic rings. The van der Waals surface area contributed by atoms with E-state index in [2.05, 4.69) is 0 Å². The summed E-state index contributed by atoms with van der Waals surface area (Å²) in [5.41, 5.74) is 5.19. The minimum atomic E-state index is -1.06. The van der Waals surface area contributed by atoms with Crippen molar-refractivity contribution in [2.24, 2.45) is 11.7 Å². The Morgan fingerprint density at radius 3 is 2.45 bits per heavy atom. The number of carbonyl (C=O) groups is 2. The van der Waals surface area contributed by atoms with Gasteiger partial charge in [0.2, 0.25) is 0 Å². The summed E-state index contributed by atoms with van der Waals surface area (Å²) in [6.45, 7) is 1.63. The molecule has 0 saturated heterocycles. The third-order valence-corrected chi connectivity index (χ3v) is 1.37. The van der Waals surface area contributed by atoms with Gasteiger partial charge in [-0.3, -0.25) is 4.79 Å². The highest BCUT2D eigenvalue weighted by Gasteiger charge is 2.18. The fraction of sp³-hybridized carbons (Fsp3) is 0.667. The second-order valence-corrected chi connectivity index (χ2v) is 2.24. The maximum Gasteiger partial charge on any atom is 0.320 e. The van der Waals surface area contributed by atoms with E-state index in [9.17, 15) is 9.59 Å². The van der Waals surface area contributed by atoms with Crippen molar-refractivity contribution in [3.8, 4) is 0 Å². The quantitative estimate of drug-likeness (QED) is 0.601. The molecule has 11 heavy (non-hydrogen) atoms. The Kier molecular flexibility index (Phi) is 7.24. The second-order valence-electron chi connectivity index (χ2n) is 2.24. The number of hydrogen-bond donors (Lipinski definition) is 2. The lowest BCUT2D eigenvalue weighted by molar-refractivity contribution is -0.139. The van der Waals surface area contributed by atoms with E-state index in [0.29, 0.717) is 6.29 Å². The Labute approximate surface area is 71.2 Å². The largest absolute Gasteiger partial charge is 0.480 e. The highest BCUT2D eigenvalue weighted by Crippen LogP contribution is 2.03. The topological polar surface area (TPSA) is 80.4 Å². The SMILES string of the molecule is CC(CC=O)C(N)C(=O)O.Cl. The zero-order valence-corrected chi connectivity index (χ0v) is 7.00. The van der Waals surface area contributed by atoms with Crippen LogP contribution in [0.4, 0.5) is 0 Å². The summed E-state index contributed by atoms with van der Waals surface area (Å²) >= 11 is 0. The smallest absolute Gasteiger partial charge is 0.320 e. The molecule has 3 N–H and O–H groups in total. The van der Waals surface area contributed by atoms with Crippen LogP contribution in [-0.4, -0.2) is 23.4 Å². The van der Waals surface area contributed by atoms with E-state index in [-0.39, 0.29) is 24.7 Å². The number of aliphatic carboxylic acids is 1. The summed E-state index contributed by atoms with van der Waals surface area (Å²) in [6.07, 6.45) is 0.876. The molecule has 2 unspecified atom stereocenters. The second kappa shape index (κ2) is 6.12. The molecule has 0 amide bonds. The van der Waals surface area contributed by atoms with Gasteiger partial charge in [-0.05, 0) is 5.92 Å². The standard InChI is InChI=1S/C6H11NO3.ClH/c1-4(2-3-8)5(7)6(9)10;/h3-5H,2,7H2,1H3,(H,9,10);1H. The van der Waals surface area contributed by atoms with Crippen molar-refractivity contribution in [3.63, 3.8) is 0 Å². The first-order valence-corrected chi connectivity index (χ1v) is 3.01. The van der Waals surface area contributed by atoms with E-state index in [1.165, 1.54) is 0 Å². The number of halogens is 1. The highest BCUT2D eigenvalue weighted by atomic mass is 35.5. The predicted octanol–water partition coefficient (Wildman–Crippen LogP) is 0.0452. The first-order chi connectivity index (χ1) is 4.59. The fourth-order valence-electron chi connectivity index (χ4n) is 0.542. The van der Waals surface area contributed by atoms with Crippen LogP contribution in [0.2, 0.25) is 0 Å². The minimum absolute atomic E-state index is 0. The molecular weight excluding hydrogens is 170 g/mol. The summed E-state index contributed by atoms with van der Waals surface area (Å²) in [5.74, 6) is -1.34. The van der Waals surface area contributed by atoms with Gasteiger partial charge in [0.1, 0.15) is 12.3 Å². The lowest BCUT2D eigenvalue weighted by Crippen LogP contribution is -2.36. The third-order valence-electron chi connectivity index (χ3n) is 1.37. The van der Waals surface area contributed by atoms with Gasteiger partial charge in [-0.2, -0.15) is 0 Å². The molecule has 0 aromatic carbocycles. The van der Waals surface area contributed by atoms with Gasteiger partial charge in [0.25, 0.3) is 0 Å². The summed E-state index contributed by atoms with van der Waals surface area (Å²) < 4.78 is 0. The van der Waals surface area contributed by atoms with Crippen LogP contribution in [0.3, 0.4) is 0 Å². The van der Waals surface area contributed by atoms with Crippen molar-refractivity contribution in [1.29, 1.82) is 0 Å². The Bertz CT molecular complexity index is 140. The molecule has 0 bridgehead atoms. The number of hydrogen-bond acceptors (Lipinski definition) is 3. The summed E-state index contributed by atoms with van der Waals surface area (Å²) in [5, 5.41) is 8.34. The van der Waals surface area contributed by atoms with Gasteiger partial charge in [0.05, 0.1) is 0 Å². The molecule has 2 atom stereocenters. The Morgan fingerprint density at radius 2 is 2.18 bits per heavy atom. The van der Waals surface area contributed by atoms with Crippen molar-refractivity contribution in [3.05, 3.63) is 0 Å². The van der Waals surface area contributed by atoms with Crippen molar-refractivity contribution in [1.82, 2.24) is 0 Å². The average molecular weight is 182 g/mol. The molecule has 0 aliphatic carbocycles. The van der Waals surface area contributed by atoms with E-state index >= 15 is 0 Å². The Hall–Kier alpha value is -0.610. The number of carboxylic acid groups (broad SMARTS) is 1.